The molecule has 7 nitrogen and oxygen atoms in total. The van der Waals surface area contributed by atoms with E-state index < -0.39 is 23.6 Å². The summed E-state index contributed by atoms with van der Waals surface area (Å²) < 4.78 is 18.4. The van der Waals surface area contributed by atoms with E-state index in [2.05, 4.69) is 17.2 Å². The second kappa shape index (κ2) is 10.6. The summed E-state index contributed by atoms with van der Waals surface area (Å²) in [5.41, 5.74) is 1.21. The lowest BCUT2D eigenvalue weighted by molar-refractivity contribution is -0.188. The summed E-state index contributed by atoms with van der Waals surface area (Å²) in [6.45, 7) is 8.36. The van der Waals surface area contributed by atoms with E-state index in [1.807, 2.05) is 68.5 Å². The fraction of sp³-hybridized carbons (Fsp3) is 0.357. The van der Waals surface area contributed by atoms with Gasteiger partial charge in [0.15, 0.2) is 5.79 Å². The van der Waals surface area contributed by atoms with Gasteiger partial charge in [-0.3, -0.25) is 9.59 Å². The number of carbonyl (C=O) groups excluding carboxylic acids is 2. The minimum absolute atomic E-state index is 0.175. The average molecular weight is 477 g/mol. The SMILES string of the molecule is C=C1C=C/C=C(/C(=O)NC[C@H]2OC[C@]3(CNC(=O)c4ccccc4)OC(C)(C)O[C@H]23)C/C=C\C=C/1. The number of amides is 2. The summed E-state index contributed by atoms with van der Waals surface area (Å²) in [4.78, 5) is 25.5. The van der Waals surface area contributed by atoms with Crippen LogP contribution < -0.4 is 10.6 Å². The van der Waals surface area contributed by atoms with Gasteiger partial charge in [-0.1, -0.05) is 67.3 Å². The van der Waals surface area contributed by atoms with Crippen LogP contribution in [-0.4, -0.2) is 55.1 Å². The van der Waals surface area contributed by atoms with Gasteiger partial charge in [0.1, 0.15) is 17.8 Å². The molecule has 2 saturated heterocycles. The summed E-state index contributed by atoms with van der Waals surface area (Å²) in [6.07, 6.45) is 12.7. The molecule has 2 heterocycles. The molecule has 3 atom stereocenters. The lowest BCUT2D eigenvalue weighted by atomic mass is 9.96. The molecule has 1 aromatic carbocycles. The molecule has 0 unspecified atom stereocenters. The highest BCUT2D eigenvalue weighted by Gasteiger charge is 2.61. The van der Waals surface area contributed by atoms with Gasteiger partial charge >= 0.3 is 0 Å². The molecule has 0 bridgehead atoms. The molecular weight excluding hydrogens is 444 g/mol. The molecule has 7 heteroatoms. The Morgan fingerprint density at radius 1 is 1.06 bits per heavy atom. The first-order valence-corrected chi connectivity index (χ1v) is 11.8. The average Bonchev–Trinajstić information content (AvgIpc) is 3.30. The van der Waals surface area contributed by atoms with Gasteiger partial charge in [-0.25, -0.2) is 0 Å². The van der Waals surface area contributed by atoms with Crippen molar-refractivity contribution in [2.75, 3.05) is 19.7 Å². The van der Waals surface area contributed by atoms with E-state index in [-0.39, 0.29) is 31.5 Å². The first kappa shape index (κ1) is 24.9. The molecule has 2 N–H and O–H groups in total. The number of allylic oxidation sites excluding steroid dienone is 8. The first-order valence-electron chi connectivity index (χ1n) is 11.8. The van der Waals surface area contributed by atoms with E-state index in [1.54, 1.807) is 18.2 Å². The zero-order valence-electron chi connectivity index (χ0n) is 20.2. The molecule has 1 aliphatic carbocycles. The maximum atomic E-state index is 12.9. The van der Waals surface area contributed by atoms with Crippen LogP contribution in [0.2, 0.25) is 0 Å². The summed E-state index contributed by atoms with van der Waals surface area (Å²) in [5, 5.41) is 5.93. The minimum atomic E-state index is -0.836. The molecule has 0 saturated carbocycles. The van der Waals surface area contributed by atoms with Crippen LogP contribution in [0.15, 0.2) is 90.6 Å². The molecule has 184 valence electrons. The van der Waals surface area contributed by atoms with E-state index >= 15 is 0 Å². The van der Waals surface area contributed by atoms with Crippen molar-refractivity contribution in [1.29, 1.82) is 0 Å². The van der Waals surface area contributed by atoms with Crippen molar-refractivity contribution in [1.82, 2.24) is 10.6 Å². The second-order valence-corrected chi connectivity index (χ2v) is 9.33. The molecule has 0 spiro atoms. The Bertz CT molecular complexity index is 1090. The highest BCUT2D eigenvalue weighted by molar-refractivity contribution is 5.94. The predicted molar refractivity (Wildman–Crippen MR) is 134 cm³/mol. The highest BCUT2D eigenvalue weighted by Crippen LogP contribution is 2.43. The Kier molecular flexibility index (Phi) is 7.50. The van der Waals surface area contributed by atoms with Gasteiger partial charge in [0.05, 0.1) is 13.2 Å². The molecule has 0 aromatic heterocycles. The number of benzene rings is 1. The normalized spacial score (nSPS) is 30.6. The van der Waals surface area contributed by atoms with Gasteiger partial charge in [-0.15, -0.1) is 0 Å². The molecule has 2 aliphatic heterocycles. The van der Waals surface area contributed by atoms with Gasteiger partial charge in [-0.2, -0.15) is 0 Å². The maximum absolute atomic E-state index is 12.9. The number of rotatable bonds is 6. The quantitative estimate of drug-likeness (QED) is 0.658. The fourth-order valence-corrected chi connectivity index (χ4v) is 4.46. The Hall–Kier alpha value is -3.26. The Morgan fingerprint density at radius 3 is 2.63 bits per heavy atom. The summed E-state index contributed by atoms with van der Waals surface area (Å²) in [6, 6.07) is 9.02. The standard InChI is InChI=1S/C28H32N2O5/c1-20-11-6-4-7-15-22(16-10-12-20)25(31)29-17-23-24-28(19-33-23,35-27(2,3)34-24)18-30-26(32)21-13-8-5-9-14-21/h4-14,16,23-24H,1,15,17-19H2,2-3H3,(H,29,31)(H,30,32)/b7-4-,11-6-,12-10?,22-16+/t23-,24-,28+/m1/s1. The maximum Gasteiger partial charge on any atom is 0.251 e. The third kappa shape index (κ3) is 6.06. The lowest BCUT2D eigenvalue weighted by Crippen LogP contribution is -2.52. The zero-order valence-corrected chi connectivity index (χ0v) is 20.2. The Labute approximate surface area is 206 Å². The number of hydrogen-bond donors (Lipinski definition) is 2. The van der Waals surface area contributed by atoms with Crippen molar-refractivity contribution in [2.24, 2.45) is 0 Å². The largest absolute Gasteiger partial charge is 0.370 e. The van der Waals surface area contributed by atoms with E-state index in [0.717, 1.165) is 5.57 Å². The molecule has 0 radical (unpaired) electrons. The van der Waals surface area contributed by atoms with Crippen molar-refractivity contribution >= 4 is 11.8 Å². The summed E-state index contributed by atoms with van der Waals surface area (Å²) >= 11 is 0. The third-order valence-electron chi connectivity index (χ3n) is 6.10. The van der Waals surface area contributed by atoms with E-state index in [4.69, 9.17) is 14.2 Å². The van der Waals surface area contributed by atoms with Gasteiger partial charge in [0.25, 0.3) is 5.91 Å². The number of hydrogen-bond acceptors (Lipinski definition) is 5. The van der Waals surface area contributed by atoms with Crippen LogP contribution >= 0.6 is 0 Å². The highest BCUT2D eigenvalue weighted by atomic mass is 16.8. The van der Waals surface area contributed by atoms with E-state index in [9.17, 15) is 9.59 Å². The Morgan fingerprint density at radius 2 is 1.83 bits per heavy atom. The monoisotopic (exact) mass is 476 g/mol. The number of ether oxygens (including phenoxy) is 3. The molecule has 35 heavy (non-hydrogen) atoms. The van der Waals surface area contributed by atoms with Crippen molar-refractivity contribution in [3.63, 3.8) is 0 Å². The Balaban J connectivity index is 1.39. The van der Waals surface area contributed by atoms with Crippen LogP contribution in [0.1, 0.15) is 30.6 Å². The van der Waals surface area contributed by atoms with Gasteiger partial charge in [-0.05, 0) is 38.0 Å². The van der Waals surface area contributed by atoms with E-state index in [1.165, 1.54) is 0 Å². The topological polar surface area (TPSA) is 85.9 Å². The van der Waals surface area contributed by atoms with Crippen LogP contribution in [0.4, 0.5) is 0 Å². The lowest BCUT2D eigenvalue weighted by Gasteiger charge is -2.27. The fourth-order valence-electron chi connectivity index (χ4n) is 4.46. The zero-order chi connectivity index (χ0) is 24.9. The van der Waals surface area contributed by atoms with Gasteiger partial charge < -0.3 is 24.8 Å². The van der Waals surface area contributed by atoms with Crippen LogP contribution in [0.25, 0.3) is 0 Å². The van der Waals surface area contributed by atoms with Gasteiger partial charge in [0.2, 0.25) is 5.91 Å². The summed E-state index contributed by atoms with van der Waals surface area (Å²) in [5.74, 6) is -1.20. The number of fused-ring (bicyclic) bond motifs is 1. The predicted octanol–water partition coefficient (Wildman–Crippen LogP) is 3.38. The van der Waals surface area contributed by atoms with Crippen molar-refractivity contribution in [3.05, 3.63) is 96.2 Å². The molecule has 4 rings (SSSR count). The van der Waals surface area contributed by atoms with E-state index in [0.29, 0.717) is 17.6 Å². The van der Waals surface area contributed by atoms with Crippen LogP contribution in [0, 0.1) is 0 Å². The van der Waals surface area contributed by atoms with Crippen molar-refractivity contribution in [2.45, 2.75) is 43.9 Å². The molecule has 2 amide bonds. The number of nitrogens with one attached hydrogen (secondary N) is 2. The second-order valence-electron chi connectivity index (χ2n) is 9.33. The molecule has 1 aromatic rings. The van der Waals surface area contributed by atoms with Gasteiger partial charge in [0, 0.05) is 17.7 Å². The van der Waals surface area contributed by atoms with Crippen LogP contribution in [0.3, 0.4) is 0 Å². The third-order valence-corrected chi connectivity index (χ3v) is 6.10. The van der Waals surface area contributed by atoms with Crippen molar-refractivity contribution < 1.29 is 23.8 Å². The number of carbonyl (C=O) groups is 2. The smallest absolute Gasteiger partial charge is 0.251 e. The molecule has 2 fully saturated rings. The minimum Gasteiger partial charge on any atom is -0.370 e. The van der Waals surface area contributed by atoms with Crippen molar-refractivity contribution in [3.8, 4) is 0 Å². The molecule has 3 aliphatic rings. The molecular formula is C28H32N2O5. The van der Waals surface area contributed by atoms with Crippen LogP contribution in [-0.2, 0) is 19.0 Å². The first-order chi connectivity index (χ1) is 16.8. The van der Waals surface area contributed by atoms with Crippen LogP contribution in [0.5, 0.6) is 0 Å². The summed E-state index contributed by atoms with van der Waals surface area (Å²) in [7, 11) is 0.